The largest absolute Gasteiger partial charge is 0.454 e. The van der Waals surface area contributed by atoms with Crippen LogP contribution < -0.4 is 4.74 Å². The molecule has 0 aliphatic rings. The summed E-state index contributed by atoms with van der Waals surface area (Å²) in [5.41, 5.74) is 1.47. The first kappa shape index (κ1) is 15.6. The summed E-state index contributed by atoms with van der Waals surface area (Å²) in [4.78, 5) is 14.3. The molecule has 23 heavy (non-hydrogen) atoms. The fourth-order valence-corrected chi connectivity index (χ4v) is 2.59. The molecule has 7 heteroatoms. The van der Waals surface area contributed by atoms with Gasteiger partial charge in [-0.25, -0.2) is 4.39 Å². The molecule has 0 spiro atoms. The smallest absolute Gasteiger partial charge is 0.272 e. The molecule has 1 aromatic heterocycles. The number of aryl methyl sites for hydroxylation is 1. The summed E-state index contributed by atoms with van der Waals surface area (Å²) in [7, 11) is 0. The van der Waals surface area contributed by atoms with E-state index in [1.54, 1.807) is 12.3 Å². The Morgan fingerprint density at radius 3 is 2.70 bits per heavy atom. The van der Waals surface area contributed by atoms with Gasteiger partial charge in [0.1, 0.15) is 5.75 Å². The zero-order valence-electron chi connectivity index (χ0n) is 11.9. The number of halogens is 2. The predicted molar refractivity (Wildman–Crippen MR) is 92.3 cm³/mol. The molecule has 0 bridgehead atoms. The highest BCUT2D eigenvalue weighted by molar-refractivity contribution is 14.1. The minimum atomic E-state index is -0.786. The summed E-state index contributed by atoms with van der Waals surface area (Å²) < 4.78 is 20.7. The third-order valence-corrected chi connectivity index (χ3v) is 4.49. The SMILES string of the molecule is Cc1cc2c(Oc3ccc([N+](=O)[O-])cc3F)ccnc2cc1I. The summed E-state index contributed by atoms with van der Waals surface area (Å²) in [6, 6.07) is 8.77. The van der Waals surface area contributed by atoms with Crippen LogP contribution in [0.25, 0.3) is 10.9 Å². The molecule has 0 saturated carbocycles. The van der Waals surface area contributed by atoms with E-state index in [0.29, 0.717) is 5.75 Å². The van der Waals surface area contributed by atoms with Crippen LogP contribution in [0.15, 0.2) is 42.6 Å². The predicted octanol–water partition coefficient (Wildman–Crippen LogP) is 4.99. The van der Waals surface area contributed by atoms with Crippen LogP contribution in [0, 0.1) is 26.4 Å². The number of aromatic nitrogens is 1. The number of pyridine rings is 1. The average molecular weight is 424 g/mol. The van der Waals surface area contributed by atoms with E-state index >= 15 is 0 Å². The van der Waals surface area contributed by atoms with Gasteiger partial charge in [-0.15, -0.1) is 0 Å². The second kappa shape index (κ2) is 6.07. The van der Waals surface area contributed by atoms with E-state index in [2.05, 4.69) is 27.6 Å². The molecule has 116 valence electrons. The summed E-state index contributed by atoms with van der Waals surface area (Å²) in [5.74, 6) is -0.409. The minimum Gasteiger partial charge on any atom is -0.454 e. The third kappa shape index (κ3) is 3.09. The Morgan fingerprint density at radius 1 is 1.22 bits per heavy atom. The Balaban J connectivity index is 2.05. The zero-order valence-corrected chi connectivity index (χ0v) is 14.1. The number of fused-ring (bicyclic) bond motifs is 1. The number of ether oxygens (including phenoxy) is 1. The monoisotopic (exact) mass is 424 g/mol. The van der Waals surface area contributed by atoms with Crippen molar-refractivity contribution in [2.75, 3.05) is 0 Å². The highest BCUT2D eigenvalue weighted by Crippen LogP contribution is 2.33. The molecule has 2 aromatic carbocycles. The molecule has 0 N–H and O–H groups in total. The Bertz CT molecular complexity index is 931. The molecule has 0 unspecified atom stereocenters. The van der Waals surface area contributed by atoms with Crippen molar-refractivity contribution in [3.63, 3.8) is 0 Å². The Hall–Kier alpha value is -2.29. The number of nitrogens with zero attached hydrogens (tertiary/aromatic N) is 2. The van der Waals surface area contributed by atoms with Gasteiger partial charge in [-0.1, -0.05) is 0 Å². The van der Waals surface area contributed by atoms with Gasteiger partial charge in [0.25, 0.3) is 5.69 Å². The fourth-order valence-electron chi connectivity index (χ4n) is 2.14. The second-order valence-corrected chi connectivity index (χ2v) is 6.06. The van der Waals surface area contributed by atoms with Crippen molar-refractivity contribution >= 4 is 39.2 Å². The molecular formula is C16H10FIN2O3. The van der Waals surface area contributed by atoms with Crippen molar-refractivity contribution in [3.8, 4) is 11.5 Å². The van der Waals surface area contributed by atoms with Gasteiger partial charge in [0, 0.05) is 21.2 Å². The lowest BCUT2D eigenvalue weighted by Gasteiger charge is -2.10. The fraction of sp³-hybridized carbons (Fsp3) is 0.0625. The van der Waals surface area contributed by atoms with Gasteiger partial charge in [-0.2, -0.15) is 0 Å². The van der Waals surface area contributed by atoms with Crippen LogP contribution in [-0.4, -0.2) is 9.91 Å². The first-order valence-corrected chi connectivity index (χ1v) is 7.70. The van der Waals surface area contributed by atoms with Gasteiger partial charge in [-0.3, -0.25) is 15.1 Å². The normalized spacial score (nSPS) is 10.7. The molecule has 0 aliphatic heterocycles. The summed E-state index contributed by atoms with van der Waals surface area (Å²) in [6.45, 7) is 1.96. The Labute approximate surface area is 144 Å². The molecule has 0 radical (unpaired) electrons. The van der Waals surface area contributed by atoms with Gasteiger partial charge >= 0.3 is 0 Å². The van der Waals surface area contributed by atoms with Crippen LogP contribution in [-0.2, 0) is 0 Å². The maximum Gasteiger partial charge on any atom is 0.272 e. The number of benzene rings is 2. The molecule has 0 amide bonds. The molecule has 1 heterocycles. The number of hydrogen-bond acceptors (Lipinski definition) is 4. The zero-order chi connectivity index (χ0) is 16.6. The van der Waals surface area contributed by atoms with Gasteiger partial charge in [0.15, 0.2) is 11.6 Å². The second-order valence-electron chi connectivity index (χ2n) is 4.90. The molecule has 3 aromatic rings. The van der Waals surface area contributed by atoms with Crippen molar-refractivity contribution in [1.29, 1.82) is 0 Å². The Kier molecular flexibility index (Phi) is 4.12. The number of rotatable bonds is 3. The molecule has 0 fully saturated rings. The van der Waals surface area contributed by atoms with Crippen molar-refractivity contribution < 1.29 is 14.1 Å². The molecule has 5 nitrogen and oxygen atoms in total. The lowest BCUT2D eigenvalue weighted by atomic mass is 10.1. The highest BCUT2D eigenvalue weighted by Gasteiger charge is 2.14. The van der Waals surface area contributed by atoms with Crippen molar-refractivity contribution in [2.24, 2.45) is 0 Å². The number of hydrogen-bond donors (Lipinski definition) is 0. The highest BCUT2D eigenvalue weighted by atomic mass is 127. The quantitative estimate of drug-likeness (QED) is 0.338. The lowest BCUT2D eigenvalue weighted by Crippen LogP contribution is -1.94. The topological polar surface area (TPSA) is 65.3 Å². The Morgan fingerprint density at radius 2 is 2.00 bits per heavy atom. The van der Waals surface area contributed by atoms with Crippen molar-refractivity contribution in [2.45, 2.75) is 6.92 Å². The van der Waals surface area contributed by atoms with Crippen LogP contribution in [0.2, 0.25) is 0 Å². The third-order valence-electron chi connectivity index (χ3n) is 3.33. The summed E-state index contributed by atoms with van der Waals surface area (Å²) in [5, 5.41) is 11.4. The van der Waals surface area contributed by atoms with Crippen LogP contribution in [0.3, 0.4) is 0 Å². The molecule has 0 aliphatic carbocycles. The number of nitro groups is 1. The first-order chi connectivity index (χ1) is 11.0. The van der Waals surface area contributed by atoms with E-state index in [1.807, 2.05) is 19.1 Å². The molecular weight excluding hydrogens is 414 g/mol. The lowest BCUT2D eigenvalue weighted by molar-refractivity contribution is -0.385. The van der Waals surface area contributed by atoms with Crippen LogP contribution in [0.1, 0.15) is 5.56 Å². The summed E-state index contributed by atoms with van der Waals surface area (Å²) >= 11 is 2.22. The molecule has 0 saturated heterocycles. The number of nitro benzene ring substituents is 1. The van der Waals surface area contributed by atoms with E-state index in [9.17, 15) is 14.5 Å². The van der Waals surface area contributed by atoms with Gasteiger partial charge in [0.05, 0.1) is 16.5 Å². The standard InChI is InChI=1S/C16H10FIN2O3/c1-9-6-11-14(8-13(9)18)19-5-4-15(11)23-16-3-2-10(20(21)22)7-12(16)17/h2-8H,1H3. The van der Waals surface area contributed by atoms with Crippen LogP contribution >= 0.6 is 22.6 Å². The maximum absolute atomic E-state index is 14.0. The van der Waals surface area contributed by atoms with Gasteiger partial charge in [-0.05, 0) is 59.3 Å². The van der Waals surface area contributed by atoms with E-state index in [4.69, 9.17) is 4.74 Å². The van der Waals surface area contributed by atoms with Crippen molar-refractivity contribution in [1.82, 2.24) is 4.98 Å². The average Bonchev–Trinajstić information content (AvgIpc) is 2.51. The van der Waals surface area contributed by atoms with Gasteiger partial charge < -0.3 is 4.74 Å². The van der Waals surface area contributed by atoms with Crippen molar-refractivity contribution in [3.05, 3.63) is 67.7 Å². The van der Waals surface area contributed by atoms with E-state index in [0.717, 1.165) is 26.1 Å². The van der Waals surface area contributed by atoms with E-state index in [-0.39, 0.29) is 11.4 Å². The minimum absolute atomic E-state index is 0.0701. The molecule has 0 atom stereocenters. The van der Waals surface area contributed by atoms with E-state index < -0.39 is 10.7 Å². The van der Waals surface area contributed by atoms with E-state index in [1.165, 1.54) is 12.1 Å². The van der Waals surface area contributed by atoms with Gasteiger partial charge in [0.2, 0.25) is 0 Å². The summed E-state index contributed by atoms with van der Waals surface area (Å²) in [6.07, 6.45) is 1.58. The molecule has 3 rings (SSSR count). The first-order valence-electron chi connectivity index (χ1n) is 6.62. The van der Waals surface area contributed by atoms with Crippen LogP contribution in [0.5, 0.6) is 11.5 Å². The number of non-ortho nitro benzene ring substituents is 1. The van der Waals surface area contributed by atoms with Crippen LogP contribution in [0.4, 0.5) is 10.1 Å². The maximum atomic E-state index is 14.0.